The van der Waals surface area contributed by atoms with Gasteiger partial charge in [0.25, 0.3) is 5.89 Å². The Bertz CT molecular complexity index is 628. The highest BCUT2D eigenvalue weighted by atomic mass is 19.1. The van der Waals surface area contributed by atoms with Crippen molar-refractivity contribution in [3.63, 3.8) is 0 Å². The van der Waals surface area contributed by atoms with Crippen LogP contribution in [0.25, 0.3) is 11.5 Å². The van der Waals surface area contributed by atoms with Gasteiger partial charge in [-0.25, -0.2) is 8.78 Å². The van der Waals surface area contributed by atoms with Gasteiger partial charge in [-0.05, 0) is 24.1 Å². The fourth-order valence-corrected chi connectivity index (χ4v) is 1.77. The maximum atomic E-state index is 13.5. The second-order valence-electron chi connectivity index (χ2n) is 4.53. The molecule has 0 radical (unpaired) electrons. The van der Waals surface area contributed by atoms with Gasteiger partial charge in [0.2, 0.25) is 5.89 Å². The third-order valence-corrected chi connectivity index (χ3v) is 2.67. The standard InChI is InChI=1S/C13H12F2N2O3/c1-7(5-12(18)19)4-11-16-17-13(20-11)9-6-8(14)2-3-10(9)15/h2-3,6-7H,4-5H2,1H3,(H,18,19). The smallest absolute Gasteiger partial charge is 0.303 e. The normalized spacial score (nSPS) is 12.3. The number of aromatic nitrogens is 2. The number of rotatable bonds is 5. The molecule has 1 aromatic heterocycles. The molecule has 0 aliphatic carbocycles. The molecular weight excluding hydrogens is 270 g/mol. The minimum absolute atomic E-state index is 0.0357. The SMILES string of the molecule is CC(CC(=O)O)Cc1nnc(-c2cc(F)ccc2F)o1. The molecule has 1 atom stereocenters. The Morgan fingerprint density at radius 1 is 1.40 bits per heavy atom. The number of hydrogen-bond donors (Lipinski definition) is 1. The van der Waals surface area contributed by atoms with Crippen molar-refractivity contribution in [2.75, 3.05) is 0 Å². The molecule has 0 aliphatic rings. The Balaban J connectivity index is 2.16. The highest BCUT2D eigenvalue weighted by Gasteiger charge is 2.16. The first kappa shape index (κ1) is 14.1. The summed E-state index contributed by atoms with van der Waals surface area (Å²) in [5.74, 6) is -2.33. The molecule has 7 heteroatoms. The van der Waals surface area contributed by atoms with E-state index in [9.17, 15) is 13.6 Å². The van der Waals surface area contributed by atoms with Crippen molar-refractivity contribution in [1.82, 2.24) is 10.2 Å². The Labute approximate surface area is 113 Å². The summed E-state index contributed by atoms with van der Waals surface area (Å²) < 4.78 is 31.8. The van der Waals surface area contributed by atoms with Crippen molar-refractivity contribution in [3.05, 3.63) is 35.7 Å². The number of carboxylic acids is 1. The van der Waals surface area contributed by atoms with E-state index < -0.39 is 17.6 Å². The lowest BCUT2D eigenvalue weighted by molar-refractivity contribution is -0.137. The zero-order chi connectivity index (χ0) is 14.7. The van der Waals surface area contributed by atoms with Crippen LogP contribution in [0.5, 0.6) is 0 Å². The van der Waals surface area contributed by atoms with Crippen LogP contribution in [0.3, 0.4) is 0 Å². The van der Waals surface area contributed by atoms with E-state index in [4.69, 9.17) is 9.52 Å². The fourth-order valence-electron chi connectivity index (χ4n) is 1.77. The highest BCUT2D eigenvalue weighted by molar-refractivity contribution is 5.66. The molecule has 2 rings (SSSR count). The maximum Gasteiger partial charge on any atom is 0.303 e. The summed E-state index contributed by atoms with van der Waals surface area (Å²) in [7, 11) is 0. The first-order valence-corrected chi connectivity index (χ1v) is 5.95. The van der Waals surface area contributed by atoms with E-state index >= 15 is 0 Å². The van der Waals surface area contributed by atoms with Crippen molar-refractivity contribution in [3.8, 4) is 11.5 Å². The number of nitrogens with zero attached hydrogens (tertiary/aromatic N) is 2. The van der Waals surface area contributed by atoms with E-state index in [0.29, 0.717) is 0 Å². The monoisotopic (exact) mass is 282 g/mol. The summed E-state index contributed by atoms with van der Waals surface area (Å²) in [6.45, 7) is 1.72. The first-order chi connectivity index (χ1) is 9.45. The second-order valence-corrected chi connectivity index (χ2v) is 4.53. The summed E-state index contributed by atoms with van der Waals surface area (Å²) >= 11 is 0. The van der Waals surface area contributed by atoms with Gasteiger partial charge in [0.15, 0.2) is 0 Å². The fraction of sp³-hybridized carbons (Fsp3) is 0.308. The Kier molecular flexibility index (Phi) is 4.07. The molecule has 0 aliphatic heterocycles. The molecule has 1 N–H and O–H groups in total. The third-order valence-electron chi connectivity index (χ3n) is 2.67. The largest absolute Gasteiger partial charge is 0.481 e. The quantitative estimate of drug-likeness (QED) is 0.912. The summed E-state index contributed by atoms with van der Waals surface area (Å²) in [4.78, 5) is 10.6. The third kappa shape index (κ3) is 3.37. The molecule has 20 heavy (non-hydrogen) atoms. The molecular formula is C13H12F2N2O3. The van der Waals surface area contributed by atoms with Crippen molar-refractivity contribution in [2.24, 2.45) is 5.92 Å². The number of aliphatic carboxylic acids is 1. The Morgan fingerprint density at radius 3 is 2.85 bits per heavy atom. The summed E-state index contributed by atoms with van der Waals surface area (Å²) in [5.41, 5.74) is -0.116. The molecule has 0 saturated carbocycles. The average Bonchev–Trinajstić information content (AvgIpc) is 2.79. The van der Waals surface area contributed by atoms with E-state index in [0.717, 1.165) is 18.2 Å². The van der Waals surface area contributed by atoms with Gasteiger partial charge in [-0.1, -0.05) is 6.92 Å². The van der Waals surface area contributed by atoms with Gasteiger partial charge in [0.1, 0.15) is 11.6 Å². The average molecular weight is 282 g/mol. The number of halogens is 2. The topological polar surface area (TPSA) is 76.2 Å². The van der Waals surface area contributed by atoms with Crippen LogP contribution in [0.2, 0.25) is 0 Å². The summed E-state index contributed by atoms with van der Waals surface area (Å²) in [6, 6.07) is 2.93. The molecule has 0 saturated heterocycles. The van der Waals surface area contributed by atoms with Crippen LogP contribution < -0.4 is 0 Å². The lowest BCUT2D eigenvalue weighted by Gasteiger charge is -2.03. The van der Waals surface area contributed by atoms with Crippen molar-refractivity contribution >= 4 is 5.97 Å². The number of carbonyl (C=O) groups is 1. The molecule has 1 heterocycles. The van der Waals surface area contributed by atoms with Crippen molar-refractivity contribution < 1.29 is 23.1 Å². The minimum atomic E-state index is -0.923. The number of hydrogen-bond acceptors (Lipinski definition) is 4. The summed E-state index contributed by atoms with van der Waals surface area (Å²) in [5, 5.41) is 16.0. The van der Waals surface area contributed by atoms with E-state index in [1.807, 2.05) is 0 Å². The second kappa shape index (κ2) is 5.77. The van der Waals surface area contributed by atoms with Crippen LogP contribution in [0.4, 0.5) is 8.78 Å². The highest BCUT2D eigenvalue weighted by Crippen LogP contribution is 2.23. The number of benzene rings is 1. The van der Waals surface area contributed by atoms with E-state index in [2.05, 4.69) is 10.2 Å². The van der Waals surface area contributed by atoms with E-state index in [1.54, 1.807) is 6.92 Å². The van der Waals surface area contributed by atoms with Gasteiger partial charge in [-0.2, -0.15) is 0 Å². The zero-order valence-corrected chi connectivity index (χ0v) is 10.6. The van der Waals surface area contributed by atoms with Gasteiger partial charge in [0.05, 0.1) is 5.56 Å². The molecule has 106 valence electrons. The molecule has 5 nitrogen and oxygen atoms in total. The van der Waals surface area contributed by atoms with Crippen LogP contribution in [0.1, 0.15) is 19.2 Å². The maximum absolute atomic E-state index is 13.5. The van der Waals surface area contributed by atoms with Crippen LogP contribution in [-0.2, 0) is 11.2 Å². The molecule has 0 spiro atoms. The molecule has 1 aromatic carbocycles. The van der Waals surface area contributed by atoms with Gasteiger partial charge in [-0.15, -0.1) is 10.2 Å². The molecule has 1 unspecified atom stereocenters. The lowest BCUT2D eigenvalue weighted by atomic mass is 10.0. The van der Waals surface area contributed by atoms with Gasteiger partial charge >= 0.3 is 5.97 Å². The Hall–Kier alpha value is -2.31. The van der Waals surface area contributed by atoms with Crippen LogP contribution >= 0.6 is 0 Å². The predicted molar refractivity (Wildman–Crippen MR) is 64.8 cm³/mol. The van der Waals surface area contributed by atoms with Crippen molar-refractivity contribution in [1.29, 1.82) is 0 Å². The van der Waals surface area contributed by atoms with E-state index in [1.165, 1.54) is 0 Å². The molecule has 0 fully saturated rings. The van der Waals surface area contributed by atoms with Crippen LogP contribution in [-0.4, -0.2) is 21.3 Å². The van der Waals surface area contributed by atoms with Gasteiger partial charge in [-0.3, -0.25) is 4.79 Å². The molecule has 0 amide bonds. The zero-order valence-electron chi connectivity index (χ0n) is 10.6. The summed E-state index contributed by atoms with van der Waals surface area (Å²) in [6.07, 6.45) is 0.224. The van der Waals surface area contributed by atoms with Crippen LogP contribution in [0.15, 0.2) is 22.6 Å². The van der Waals surface area contributed by atoms with Gasteiger partial charge in [0, 0.05) is 12.8 Å². The minimum Gasteiger partial charge on any atom is -0.481 e. The van der Waals surface area contributed by atoms with Crippen LogP contribution in [0, 0.1) is 17.6 Å². The van der Waals surface area contributed by atoms with Gasteiger partial charge < -0.3 is 9.52 Å². The number of carboxylic acid groups (broad SMARTS) is 1. The van der Waals surface area contributed by atoms with Crippen molar-refractivity contribution in [2.45, 2.75) is 19.8 Å². The molecule has 2 aromatic rings. The Morgan fingerprint density at radius 2 is 2.15 bits per heavy atom. The van der Waals surface area contributed by atoms with E-state index in [-0.39, 0.29) is 36.1 Å². The lowest BCUT2D eigenvalue weighted by Crippen LogP contribution is -2.07. The first-order valence-electron chi connectivity index (χ1n) is 5.95. The molecule has 0 bridgehead atoms. The predicted octanol–water partition coefficient (Wildman–Crippen LogP) is 2.67.